The zero-order chi connectivity index (χ0) is 20.7. The summed E-state index contributed by atoms with van der Waals surface area (Å²) in [7, 11) is 1.89. The fraction of sp³-hybridized carbons (Fsp3) is 0.789. The van der Waals surface area contributed by atoms with Gasteiger partial charge in [0.15, 0.2) is 11.6 Å². The first-order valence-electron chi connectivity index (χ1n) is 10.1. The first kappa shape index (κ1) is 22.4. The SMILES string of the molecule is CN(CCC(N)C(=O)CN1CCCC1=O)CCC(N)C(=O)CN1CCCC1=O. The molecular weight excluding hydrogens is 362 g/mol. The summed E-state index contributed by atoms with van der Waals surface area (Å²) in [5.41, 5.74) is 11.9. The molecule has 0 aromatic rings. The Balaban J connectivity index is 1.62. The van der Waals surface area contributed by atoms with Crippen LogP contribution in [-0.2, 0) is 19.2 Å². The zero-order valence-corrected chi connectivity index (χ0v) is 16.8. The number of amides is 2. The number of nitrogens with two attached hydrogens (primary N) is 2. The van der Waals surface area contributed by atoms with Crippen molar-refractivity contribution in [2.75, 3.05) is 46.3 Å². The van der Waals surface area contributed by atoms with E-state index in [2.05, 4.69) is 0 Å². The number of nitrogens with zero attached hydrogens (tertiary/aromatic N) is 3. The van der Waals surface area contributed by atoms with Crippen molar-refractivity contribution in [3.63, 3.8) is 0 Å². The van der Waals surface area contributed by atoms with Gasteiger partial charge in [-0.05, 0) is 45.8 Å². The van der Waals surface area contributed by atoms with Gasteiger partial charge in [0.25, 0.3) is 0 Å². The van der Waals surface area contributed by atoms with Gasteiger partial charge in [0.1, 0.15) is 0 Å². The number of rotatable bonds is 12. The van der Waals surface area contributed by atoms with Crippen LogP contribution in [0.4, 0.5) is 0 Å². The third kappa shape index (κ3) is 6.65. The van der Waals surface area contributed by atoms with Gasteiger partial charge < -0.3 is 26.2 Å². The Morgan fingerprint density at radius 3 is 1.61 bits per heavy atom. The van der Waals surface area contributed by atoms with Gasteiger partial charge >= 0.3 is 0 Å². The fourth-order valence-electron chi connectivity index (χ4n) is 3.51. The molecule has 4 N–H and O–H groups in total. The minimum Gasteiger partial charge on any atom is -0.335 e. The standard InChI is InChI=1S/C19H33N5O4/c1-22(10-6-14(20)16(25)12-23-8-2-4-18(23)27)11-7-15(21)17(26)13-24-9-3-5-19(24)28/h14-15H,2-13,20-21H2,1H3. The van der Waals surface area contributed by atoms with Crippen molar-refractivity contribution in [3.8, 4) is 0 Å². The number of Topliss-reactive ketones (excluding diaryl/α,β-unsaturated/α-hetero) is 2. The van der Waals surface area contributed by atoms with Gasteiger partial charge in [-0.15, -0.1) is 0 Å². The van der Waals surface area contributed by atoms with E-state index in [1.54, 1.807) is 9.80 Å². The van der Waals surface area contributed by atoms with Crippen molar-refractivity contribution in [2.24, 2.45) is 11.5 Å². The van der Waals surface area contributed by atoms with Gasteiger partial charge in [-0.3, -0.25) is 19.2 Å². The highest BCUT2D eigenvalue weighted by Gasteiger charge is 2.26. The molecule has 158 valence electrons. The largest absolute Gasteiger partial charge is 0.335 e. The van der Waals surface area contributed by atoms with E-state index in [1.165, 1.54) is 0 Å². The molecule has 2 amide bonds. The second-order valence-corrected chi connectivity index (χ2v) is 7.86. The number of carbonyl (C=O) groups excluding carboxylic acids is 4. The summed E-state index contributed by atoms with van der Waals surface area (Å²) < 4.78 is 0. The molecule has 28 heavy (non-hydrogen) atoms. The van der Waals surface area contributed by atoms with Crippen LogP contribution in [0, 0.1) is 0 Å². The van der Waals surface area contributed by atoms with E-state index in [0.717, 1.165) is 12.8 Å². The van der Waals surface area contributed by atoms with E-state index in [9.17, 15) is 19.2 Å². The second-order valence-electron chi connectivity index (χ2n) is 7.86. The quantitative estimate of drug-likeness (QED) is 0.422. The van der Waals surface area contributed by atoms with Crippen molar-refractivity contribution < 1.29 is 19.2 Å². The third-order valence-corrected chi connectivity index (χ3v) is 5.51. The van der Waals surface area contributed by atoms with E-state index in [1.807, 2.05) is 11.9 Å². The Labute approximate surface area is 166 Å². The molecule has 0 radical (unpaired) electrons. The Morgan fingerprint density at radius 2 is 1.29 bits per heavy atom. The first-order chi connectivity index (χ1) is 13.3. The Hall–Kier alpha value is -1.84. The monoisotopic (exact) mass is 395 g/mol. The van der Waals surface area contributed by atoms with E-state index in [0.29, 0.717) is 51.9 Å². The number of hydrogen-bond acceptors (Lipinski definition) is 7. The number of likely N-dealkylation sites (tertiary alicyclic amines) is 2. The molecule has 0 aromatic heterocycles. The number of hydrogen-bond donors (Lipinski definition) is 2. The fourth-order valence-corrected chi connectivity index (χ4v) is 3.51. The van der Waals surface area contributed by atoms with Crippen LogP contribution in [0.5, 0.6) is 0 Å². The Morgan fingerprint density at radius 1 is 0.893 bits per heavy atom. The van der Waals surface area contributed by atoms with Crippen molar-refractivity contribution in [3.05, 3.63) is 0 Å². The molecule has 2 fully saturated rings. The summed E-state index contributed by atoms with van der Waals surface area (Å²) in [6.45, 7) is 2.66. The topological polar surface area (TPSA) is 130 Å². The van der Waals surface area contributed by atoms with Crippen molar-refractivity contribution in [1.82, 2.24) is 14.7 Å². The molecule has 0 spiro atoms. The van der Waals surface area contributed by atoms with Crippen LogP contribution in [0.15, 0.2) is 0 Å². The molecule has 9 heteroatoms. The molecule has 2 saturated heterocycles. The van der Waals surface area contributed by atoms with E-state index >= 15 is 0 Å². The van der Waals surface area contributed by atoms with Gasteiger partial charge in [0, 0.05) is 25.9 Å². The normalized spacial score (nSPS) is 19.6. The molecule has 0 saturated carbocycles. The van der Waals surface area contributed by atoms with Crippen LogP contribution >= 0.6 is 0 Å². The highest BCUT2D eigenvalue weighted by Crippen LogP contribution is 2.11. The predicted molar refractivity (Wildman–Crippen MR) is 104 cm³/mol. The lowest BCUT2D eigenvalue weighted by Gasteiger charge is -2.22. The minimum atomic E-state index is -0.604. The summed E-state index contributed by atoms with van der Waals surface area (Å²) in [5, 5.41) is 0. The molecule has 2 heterocycles. The van der Waals surface area contributed by atoms with Crippen molar-refractivity contribution >= 4 is 23.4 Å². The second kappa shape index (κ2) is 10.6. The molecule has 0 bridgehead atoms. The van der Waals surface area contributed by atoms with Gasteiger partial charge in [-0.1, -0.05) is 0 Å². The van der Waals surface area contributed by atoms with Crippen LogP contribution in [0.3, 0.4) is 0 Å². The number of ketones is 2. The minimum absolute atomic E-state index is 0.0203. The Bertz CT molecular complexity index is 547. The molecule has 0 aromatic carbocycles. The molecule has 0 aliphatic carbocycles. The summed E-state index contributed by atoms with van der Waals surface area (Å²) in [4.78, 5) is 52.7. The highest BCUT2D eigenvalue weighted by atomic mass is 16.2. The van der Waals surface area contributed by atoms with Crippen LogP contribution in [0.1, 0.15) is 38.5 Å². The molecule has 2 atom stereocenters. The van der Waals surface area contributed by atoms with Gasteiger partial charge in [-0.25, -0.2) is 0 Å². The van der Waals surface area contributed by atoms with E-state index < -0.39 is 12.1 Å². The average molecular weight is 396 g/mol. The van der Waals surface area contributed by atoms with Crippen molar-refractivity contribution in [1.29, 1.82) is 0 Å². The molecular formula is C19H33N5O4. The molecule has 2 aliphatic rings. The average Bonchev–Trinajstić information content (AvgIpc) is 3.25. The highest BCUT2D eigenvalue weighted by molar-refractivity contribution is 5.90. The lowest BCUT2D eigenvalue weighted by Crippen LogP contribution is -2.43. The van der Waals surface area contributed by atoms with Crippen LogP contribution in [0.25, 0.3) is 0 Å². The zero-order valence-electron chi connectivity index (χ0n) is 16.8. The molecule has 2 aliphatic heterocycles. The summed E-state index contributed by atoms with van der Waals surface area (Å²) >= 11 is 0. The maximum absolute atomic E-state index is 12.2. The summed E-state index contributed by atoms with van der Waals surface area (Å²) in [5.74, 6) is -0.199. The van der Waals surface area contributed by atoms with Gasteiger partial charge in [0.05, 0.1) is 25.2 Å². The maximum atomic E-state index is 12.2. The number of carbonyl (C=O) groups is 4. The lowest BCUT2D eigenvalue weighted by atomic mass is 10.1. The van der Waals surface area contributed by atoms with Crippen LogP contribution in [0.2, 0.25) is 0 Å². The molecule has 2 rings (SSSR count). The van der Waals surface area contributed by atoms with Crippen LogP contribution in [-0.4, -0.2) is 96.5 Å². The summed E-state index contributed by atoms with van der Waals surface area (Å²) in [6.07, 6.45) is 3.60. The Kier molecular flexibility index (Phi) is 8.53. The lowest BCUT2D eigenvalue weighted by molar-refractivity contribution is -0.132. The molecule has 2 unspecified atom stereocenters. The third-order valence-electron chi connectivity index (χ3n) is 5.51. The first-order valence-corrected chi connectivity index (χ1v) is 10.1. The van der Waals surface area contributed by atoms with Crippen molar-refractivity contribution in [2.45, 2.75) is 50.6 Å². The predicted octanol–water partition coefficient (Wildman–Crippen LogP) is -1.26. The smallest absolute Gasteiger partial charge is 0.223 e. The van der Waals surface area contributed by atoms with E-state index in [-0.39, 0.29) is 36.5 Å². The van der Waals surface area contributed by atoms with Gasteiger partial charge in [-0.2, -0.15) is 0 Å². The van der Waals surface area contributed by atoms with E-state index in [4.69, 9.17) is 11.5 Å². The summed E-state index contributed by atoms with van der Waals surface area (Å²) in [6, 6.07) is -1.21. The van der Waals surface area contributed by atoms with Gasteiger partial charge in [0.2, 0.25) is 11.8 Å². The molecule has 9 nitrogen and oxygen atoms in total. The van der Waals surface area contributed by atoms with Crippen LogP contribution < -0.4 is 11.5 Å². The maximum Gasteiger partial charge on any atom is 0.223 e.